The first-order valence-electron chi connectivity index (χ1n) is 9.64. The predicted octanol–water partition coefficient (Wildman–Crippen LogP) is 6.24. The van der Waals surface area contributed by atoms with Crippen LogP contribution in [-0.2, 0) is 8.98 Å². The van der Waals surface area contributed by atoms with Gasteiger partial charge in [-0.25, -0.2) is 0 Å². The fourth-order valence-electron chi connectivity index (χ4n) is 3.13. The van der Waals surface area contributed by atoms with Crippen LogP contribution >= 0.6 is 10.3 Å². The predicted molar refractivity (Wildman–Crippen MR) is 116 cm³/mol. The topological polar surface area (TPSA) is 44.8 Å². The van der Waals surface area contributed by atoms with E-state index in [1.54, 1.807) is 0 Å². The second-order valence-electron chi connectivity index (χ2n) is 6.25. The first-order valence-corrected chi connectivity index (χ1v) is 11.2. The Bertz CT molecular complexity index is 872. The summed E-state index contributed by atoms with van der Waals surface area (Å²) in [5, 5.41) is 0. The van der Waals surface area contributed by atoms with E-state index in [1.165, 1.54) is 6.92 Å². The minimum atomic E-state index is -2.26. The Balaban J connectivity index is 2.21. The molecule has 0 aromatic heterocycles. The SMILES string of the molecule is CCOc1ccc(S(OC(C)=O)(c2ccccc2)c2ccc(OCC)cc2)cc1. The zero-order valence-electron chi connectivity index (χ0n) is 17.0. The molecule has 152 valence electrons. The molecule has 0 bridgehead atoms. The number of rotatable bonds is 8. The van der Waals surface area contributed by atoms with Crippen LogP contribution in [0.5, 0.6) is 11.5 Å². The minimum Gasteiger partial charge on any atom is -0.494 e. The van der Waals surface area contributed by atoms with E-state index in [2.05, 4.69) is 0 Å². The number of benzene rings is 3. The molecule has 0 spiro atoms. The van der Waals surface area contributed by atoms with Crippen LogP contribution in [0, 0.1) is 0 Å². The third-order valence-electron chi connectivity index (χ3n) is 4.25. The summed E-state index contributed by atoms with van der Waals surface area (Å²) >= 11 is 0. The van der Waals surface area contributed by atoms with E-state index in [-0.39, 0.29) is 5.97 Å². The zero-order valence-corrected chi connectivity index (χ0v) is 17.8. The van der Waals surface area contributed by atoms with Gasteiger partial charge in [0.2, 0.25) is 0 Å². The highest BCUT2D eigenvalue weighted by atomic mass is 32.3. The smallest absolute Gasteiger partial charge is 0.313 e. The Morgan fingerprint density at radius 2 is 1.10 bits per heavy atom. The Kier molecular flexibility index (Phi) is 6.83. The van der Waals surface area contributed by atoms with Crippen molar-refractivity contribution in [3.8, 4) is 11.5 Å². The lowest BCUT2D eigenvalue weighted by atomic mass is 10.3. The molecule has 0 saturated carbocycles. The van der Waals surface area contributed by atoms with Gasteiger partial charge in [-0.1, -0.05) is 18.2 Å². The van der Waals surface area contributed by atoms with Gasteiger partial charge in [0.1, 0.15) is 11.5 Å². The second kappa shape index (κ2) is 9.52. The van der Waals surface area contributed by atoms with Crippen LogP contribution in [-0.4, -0.2) is 19.2 Å². The van der Waals surface area contributed by atoms with Gasteiger partial charge < -0.3 is 13.7 Å². The summed E-state index contributed by atoms with van der Waals surface area (Å²) in [5.74, 6) is 1.24. The van der Waals surface area contributed by atoms with Crippen LogP contribution in [0.25, 0.3) is 0 Å². The Labute approximate surface area is 174 Å². The summed E-state index contributed by atoms with van der Waals surface area (Å²) in [6.45, 7) is 6.55. The molecule has 4 nitrogen and oxygen atoms in total. The molecule has 0 atom stereocenters. The quantitative estimate of drug-likeness (QED) is 0.441. The highest BCUT2D eigenvalue weighted by molar-refractivity contribution is 8.30. The van der Waals surface area contributed by atoms with Crippen LogP contribution in [0.2, 0.25) is 0 Å². The number of hydrogen-bond donors (Lipinski definition) is 0. The molecule has 3 rings (SSSR count). The van der Waals surface area contributed by atoms with Gasteiger partial charge in [0.25, 0.3) is 0 Å². The van der Waals surface area contributed by atoms with Gasteiger partial charge in [0.15, 0.2) is 0 Å². The molecule has 0 radical (unpaired) electrons. The zero-order chi connectivity index (χ0) is 20.7. The van der Waals surface area contributed by atoms with Gasteiger partial charge in [0.05, 0.1) is 13.2 Å². The maximum Gasteiger partial charge on any atom is 0.313 e. The van der Waals surface area contributed by atoms with E-state index in [0.29, 0.717) is 13.2 Å². The van der Waals surface area contributed by atoms with Crippen LogP contribution in [0.15, 0.2) is 93.5 Å². The molecule has 0 heterocycles. The summed E-state index contributed by atoms with van der Waals surface area (Å²) in [5.41, 5.74) is 0. The highest BCUT2D eigenvalue weighted by Gasteiger charge is 2.34. The van der Waals surface area contributed by atoms with Gasteiger partial charge in [-0.2, -0.15) is 0 Å². The van der Waals surface area contributed by atoms with E-state index >= 15 is 0 Å². The van der Waals surface area contributed by atoms with E-state index in [0.717, 1.165) is 26.2 Å². The monoisotopic (exact) mass is 410 g/mol. The van der Waals surface area contributed by atoms with E-state index in [1.807, 2.05) is 92.7 Å². The molecule has 0 N–H and O–H groups in total. The third kappa shape index (κ3) is 4.57. The lowest BCUT2D eigenvalue weighted by Gasteiger charge is -2.39. The maximum atomic E-state index is 12.3. The van der Waals surface area contributed by atoms with Crippen LogP contribution < -0.4 is 9.47 Å². The lowest BCUT2D eigenvalue weighted by Crippen LogP contribution is -2.11. The molecule has 0 aliphatic rings. The van der Waals surface area contributed by atoms with E-state index in [4.69, 9.17) is 13.7 Å². The Morgan fingerprint density at radius 3 is 1.48 bits per heavy atom. The van der Waals surface area contributed by atoms with Crippen molar-refractivity contribution in [3.05, 3.63) is 78.9 Å². The molecule has 3 aromatic carbocycles. The third-order valence-corrected chi connectivity index (χ3v) is 7.54. The van der Waals surface area contributed by atoms with E-state index in [9.17, 15) is 4.79 Å². The number of hydrogen-bond acceptors (Lipinski definition) is 4. The molecule has 0 aliphatic heterocycles. The van der Waals surface area contributed by atoms with E-state index < -0.39 is 10.3 Å². The van der Waals surface area contributed by atoms with Crippen molar-refractivity contribution in [2.75, 3.05) is 13.2 Å². The molecule has 3 aromatic rings. The summed E-state index contributed by atoms with van der Waals surface area (Å²) in [4.78, 5) is 15.1. The van der Waals surface area contributed by atoms with Crippen LogP contribution in [0.1, 0.15) is 20.8 Å². The molecular formula is C24H26O4S. The normalized spacial score (nSPS) is 11.6. The molecule has 0 fully saturated rings. The van der Waals surface area contributed by atoms with Crippen molar-refractivity contribution in [2.24, 2.45) is 0 Å². The number of carbonyl (C=O) groups is 1. The highest BCUT2D eigenvalue weighted by Crippen LogP contribution is 2.69. The van der Waals surface area contributed by atoms with Crippen molar-refractivity contribution in [2.45, 2.75) is 35.5 Å². The van der Waals surface area contributed by atoms with Gasteiger partial charge in [0, 0.05) is 21.6 Å². The average Bonchev–Trinajstić information content (AvgIpc) is 2.74. The average molecular weight is 411 g/mol. The van der Waals surface area contributed by atoms with Gasteiger partial charge in [-0.05, 0) is 84.8 Å². The molecule has 0 amide bonds. The standard InChI is InChI=1S/C24H26O4S/c1-4-26-20-11-15-23(16-12-20)29(28-19(3)25,22-9-7-6-8-10-22)24-17-13-21(14-18-24)27-5-2/h6-18H,4-5H2,1-3H3. The van der Waals surface area contributed by atoms with Crippen LogP contribution in [0.3, 0.4) is 0 Å². The Hall–Kier alpha value is -2.92. The fraction of sp³-hybridized carbons (Fsp3) is 0.208. The summed E-state index contributed by atoms with van der Waals surface area (Å²) in [6, 6.07) is 25.5. The first kappa shape index (κ1) is 20.8. The first-order chi connectivity index (χ1) is 14.1. The number of ether oxygens (including phenoxy) is 2. The number of carbonyl (C=O) groups excluding carboxylic acids is 1. The lowest BCUT2D eigenvalue weighted by molar-refractivity contribution is -0.131. The van der Waals surface area contributed by atoms with Crippen molar-refractivity contribution in [1.29, 1.82) is 0 Å². The molecule has 0 unspecified atom stereocenters. The van der Waals surface area contributed by atoms with Gasteiger partial charge in [-0.3, -0.25) is 4.79 Å². The Morgan fingerprint density at radius 1 is 0.690 bits per heavy atom. The van der Waals surface area contributed by atoms with Crippen molar-refractivity contribution < 1.29 is 18.5 Å². The van der Waals surface area contributed by atoms with Gasteiger partial charge in [-0.15, -0.1) is 0 Å². The molecular weight excluding hydrogens is 384 g/mol. The molecule has 0 aliphatic carbocycles. The maximum absolute atomic E-state index is 12.3. The van der Waals surface area contributed by atoms with Crippen LogP contribution in [0.4, 0.5) is 0 Å². The van der Waals surface area contributed by atoms with Crippen molar-refractivity contribution in [3.63, 3.8) is 0 Å². The summed E-state index contributed by atoms with van der Waals surface area (Å²) in [6.07, 6.45) is 0. The second-order valence-corrected chi connectivity index (χ2v) is 8.95. The molecule has 5 heteroatoms. The van der Waals surface area contributed by atoms with Crippen molar-refractivity contribution >= 4 is 16.3 Å². The fourth-order valence-corrected chi connectivity index (χ4v) is 6.17. The molecule has 29 heavy (non-hydrogen) atoms. The summed E-state index contributed by atoms with van der Waals surface area (Å²) < 4.78 is 17.3. The minimum absolute atomic E-state index is 0.327. The van der Waals surface area contributed by atoms with Crippen molar-refractivity contribution in [1.82, 2.24) is 0 Å². The summed E-state index contributed by atoms with van der Waals surface area (Å²) in [7, 11) is -2.26. The largest absolute Gasteiger partial charge is 0.494 e. The molecule has 0 saturated heterocycles. The van der Waals surface area contributed by atoms with Gasteiger partial charge >= 0.3 is 5.97 Å².